The standard InChI is InChI=1S/C14H10BrNO4/c15-9-10-2-1-3-11(8-10)14(17)20-13-6-4-12(5-7-13)16(18)19/h1-8H,9H2. The molecule has 0 bridgehead atoms. The van der Waals surface area contributed by atoms with Gasteiger partial charge in [0.25, 0.3) is 5.69 Å². The first-order valence-electron chi connectivity index (χ1n) is 5.71. The van der Waals surface area contributed by atoms with E-state index in [-0.39, 0.29) is 11.4 Å². The molecule has 0 fully saturated rings. The number of hydrogen-bond acceptors (Lipinski definition) is 4. The number of halogens is 1. The molecule has 0 heterocycles. The Kier molecular flexibility index (Phi) is 4.47. The molecule has 5 nitrogen and oxygen atoms in total. The first-order valence-corrected chi connectivity index (χ1v) is 6.84. The molecular formula is C14H10BrNO4. The lowest BCUT2D eigenvalue weighted by molar-refractivity contribution is -0.384. The highest BCUT2D eigenvalue weighted by atomic mass is 79.9. The minimum absolute atomic E-state index is 0.0499. The lowest BCUT2D eigenvalue weighted by atomic mass is 10.1. The van der Waals surface area contributed by atoms with Gasteiger partial charge in [0.05, 0.1) is 10.5 Å². The number of nitro benzene ring substituents is 1. The zero-order valence-corrected chi connectivity index (χ0v) is 11.9. The maximum absolute atomic E-state index is 11.9. The summed E-state index contributed by atoms with van der Waals surface area (Å²) in [6, 6.07) is 12.4. The van der Waals surface area contributed by atoms with Crippen LogP contribution in [-0.2, 0) is 5.33 Å². The van der Waals surface area contributed by atoms with Crippen LogP contribution in [0, 0.1) is 10.1 Å². The quantitative estimate of drug-likeness (QED) is 0.281. The molecule has 0 N–H and O–H groups in total. The number of hydrogen-bond donors (Lipinski definition) is 0. The summed E-state index contributed by atoms with van der Waals surface area (Å²) in [5.41, 5.74) is 1.34. The molecule has 2 rings (SSSR count). The molecule has 2 aromatic carbocycles. The molecule has 6 heteroatoms. The minimum atomic E-state index is -0.509. The molecule has 0 saturated carbocycles. The molecule has 0 atom stereocenters. The van der Waals surface area contributed by atoms with Gasteiger partial charge in [-0.15, -0.1) is 0 Å². The zero-order chi connectivity index (χ0) is 14.5. The fraction of sp³-hybridized carbons (Fsp3) is 0.0714. The maximum atomic E-state index is 11.9. The van der Waals surface area contributed by atoms with Crippen LogP contribution >= 0.6 is 15.9 Å². The number of carbonyl (C=O) groups excluding carboxylic acids is 1. The number of alkyl halides is 1. The second-order valence-corrected chi connectivity index (χ2v) is 4.54. The lowest BCUT2D eigenvalue weighted by Crippen LogP contribution is -2.08. The summed E-state index contributed by atoms with van der Waals surface area (Å²) in [7, 11) is 0. The Morgan fingerprint density at radius 2 is 1.90 bits per heavy atom. The van der Waals surface area contributed by atoms with Crippen molar-refractivity contribution < 1.29 is 14.5 Å². The van der Waals surface area contributed by atoms with Gasteiger partial charge in [0.1, 0.15) is 5.75 Å². The van der Waals surface area contributed by atoms with Crippen molar-refractivity contribution >= 4 is 27.6 Å². The van der Waals surface area contributed by atoms with Crippen molar-refractivity contribution in [3.05, 3.63) is 69.8 Å². The van der Waals surface area contributed by atoms with Gasteiger partial charge < -0.3 is 4.74 Å². The first-order chi connectivity index (χ1) is 9.60. The van der Waals surface area contributed by atoms with E-state index in [1.165, 1.54) is 24.3 Å². The molecule has 0 unspecified atom stereocenters. The van der Waals surface area contributed by atoms with Gasteiger partial charge in [0.15, 0.2) is 0 Å². The molecule has 0 aliphatic rings. The smallest absolute Gasteiger partial charge is 0.343 e. The number of nitrogens with zero attached hydrogens (tertiary/aromatic N) is 1. The van der Waals surface area contributed by atoms with Gasteiger partial charge in [-0.3, -0.25) is 10.1 Å². The molecule has 0 amide bonds. The van der Waals surface area contributed by atoms with Crippen molar-refractivity contribution in [1.82, 2.24) is 0 Å². The average Bonchev–Trinajstić information content (AvgIpc) is 2.47. The number of esters is 1. The number of nitro groups is 1. The van der Waals surface area contributed by atoms with Gasteiger partial charge in [-0.2, -0.15) is 0 Å². The average molecular weight is 336 g/mol. The van der Waals surface area contributed by atoms with Gasteiger partial charge in [-0.05, 0) is 29.8 Å². The molecule has 0 aliphatic carbocycles. The van der Waals surface area contributed by atoms with Crippen LogP contribution in [0.4, 0.5) is 5.69 Å². The zero-order valence-electron chi connectivity index (χ0n) is 10.3. The third kappa shape index (κ3) is 3.42. The first kappa shape index (κ1) is 14.2. The normalized spacial score (nSPS) is 10.1. The Hall–Kier alpha value is -2.21. The summed E-state index contributed by atoms with van der Waals surface area (Å²) in [4.78, 5) is 21.9. The molecule has 20 heavy (non-hydrogen) atoms. The SMILES string of the molecule is O=C(Oc1ccc([N+](=O)[O-])cc1)c1cccc(CBr)c1. The lowest BCUT2D eigenvalue weighted by Gasteiger charge is -2.05. The van der Waals surface area contributed by atoms with Crippen molar-refractivity contribution in [2.45, 2.75) is 5.33 Å². The molecular weight excluding hydrogens is 326 g/mol. The van der Waals surface area contributed by atoms with Crippen molar-refractivity contribution in [2.24, 2.45) is 0 Å². The second kappa shape index (κ2) is 6.29. The Bertz CT molecular complexity index is 640. The summed E-state index contributed by atoms with van der Waals surface area (Å²) < 4.78 is 5.16. The Balaban J connectivity index is 2.12. The van der Waals surface area contributed by atoms with Crippen LogP contribution < -0.4 is 4.74 Å². The number of rotatable bonds is 4. The van der Waals surface area contributed by atoms with Crippen LogP contribution in [0.25, 0.3) is 0 Å². The van der Waals surface area contributed by atoms with E-state index in [1.54, 1.807) is 18.2 Å². The molecule has 0 spiro atoms. The predicted molar refractivity (Wildman–Crippen MR) is 77.1 cm³/mol. The third-order valence-corrected chi connectivity index (χ3v) is 3.22. The van der Waals surface area contributed by atoms with Crippen LogP contribution in [-0.4, -0.2) is 10.9 Å². The Morgan fingerprint density at radius 1 is 1.20 bits per heavy atom. The highest BCUT2D eigenvalue weighted by Crippen LogP contribution is 2.19. The third-order valence-electron chi connectivity index (χ3n) is 2.58. The van der Waals surface area contributed by atoms with E-state index in [9.17, 15) is 14.9 Å². The monoisotopic (exact) mass is 335 g/mol. The Labute approximate surface area is 123 Å². The van der Waals surface area contributed by atoms with Crippen LogP contribution in [0.5, 0.6) is 5.75 Å². The topological polar surface area (TPSA) is 69.4 Å². The number of non-ortho nitro benzene ring substituents is 1. The van der Waals surface area contributed by atoms with Gasteiger partial charge in [-0.25, -0.2) is 4.79 Å². The molecule has 0 saturated heterocycles. The molecule has 0 aliphatic heterocycles. The van der Waals surface area contributed by atoms with Crippen LogP contribution in [0.1, 0.15) is 15.9 Å². The van der Waals surface area contributed by atoms with E-state index in [0.717, 1.165) is 5.56 Å². The fourth-order valence-corrected chi connectivity index (χ4v) is 1.93. The van der Waals surface area contributed by atoms with E-state index < -0.39 is 10.9 Å². The van der Waals surface area contributed by atoms with Crippen molar-refractivity contribution in [3.8, 4) is 5.75 Å². The van der Waals surface area contributed by atoms with E-state index in [4.69, 9.17) is 4.74 Å². The van der Waals surface area contributed by atoms with Gasteiger partial charge in [-0.1, -0.05) is 28.1 Å². The van der Waals surface area contributed by atoms with E-state index in [0.29, 0.717) is 10.9 Å². The summed E-state index contributed by atoms with van der Waals surface area (Å²) in [6.07, 6.45) is 0. The number of carbonyl (C=O) groups is 1. The Morgan fingerprint density at radius 3 is 2.50 bits per heavy atom. The number of benzene rings is 2. The highest BCUT2D eigenvalue weighted by Gasteiger charge is 2.10. The van der Waals surface area contributed by atoms with E-state index >= 15 is 0 Å². The van der Waals surface area contributed by atoms with Crippen LogP contribution in [0.3, 0.4) is 0 Å². The number of ether oxygens (including phenoxy) is 1. The van der Waals surface area contributed by atoms with Gasteiger partial charge >= 0.3 is 5.97 Å². The summed E-state index contributed by atoms with van der Waals surface area (Å²) >= 11 is 3.31. The second-order valence-electron chi connectivity index (χ2n) is 3.97. The van der Waals surface area contributed by atoms with E-state index in [1.807, 2.05) is 6.07 Å². The molecule has 2 aromatic rings. The summed E-state index contributed by atoms with van der Waals surface area (Å²) in [5, 5.41) is 11.2. The van der Waals surface area contributed by atoms with Crippen molar-refractivity contribution in [2.75, 3.05) is 0 Å². The minimum Gasteiger partial charge on any atom is -0.423 e. The summed E-state index contributed by atoms with van der Waals surface area (Å²) in [6.45, 7) is 0. The largest absolute Gasteiger partial charge is 0.423 e. The van der Waals surface area contributed by atoms with Crippen LogP contribution in [0.15, 0.2) is 48.5 Å². The van der Waals surface area contributed by atoms with Crippen molar-refractivity contribution in [3.63, 3.8) is 0 Å². The van der Waals surface area contributed by atoms with Crippen LogP contribution in [0.2, 0.25) is 0 Å². The van der Waals surface area contributed by atoms with Crippen molar-refractivity contribution in [1.29, 1.82) is 0 Å². The molecule has 102 valence electrons. The predicted octanol–water partition coefficient (Wildman–Crippen LogP) is 3.71. The summed E-state index contributed by atoms with van der Waals surface area (Å²) in [5.74, 6) is -0.230. The molecule has 0 radical (unpaired) electrons. The maximum Gasteiger partial charge on any atom is 0.343 e. The molecule has 0 aromatic heterocycles. The fourth-order valence-electron chi connectivity index (χ4n) is 1.58. The van der Waals surface area contributed by atoms with Gasteiger partial charge in [0.2, 0.25) is 0 Å². The van der Waals surface area contributed by atoms with Gasteiger partial charge in [0, 0.05) is 17.5 Å². The highest BCUT2D eigenvalue weighted by molar-refractivity contribution is 9.08. The van der Waals surface area contributed by atoms with E-state index in [2.05, 4.69) is 15.9 Å².